The molecule has 1 aliphatic rings. The lowest BCUT2D eigenvalue weighted by atomic mass is 10.2. The van der Waals surface area contributed by atoms with Gasteiger partial charge in [0.2, 0.25) is 0 Å². The number of carboxylic acid groups (broad SMARTS) is 1. The monoisotopic (exact) mass is 192 g/mol. The van der Waals surface area contributed by atoms with Crippen LogP contribution in [0.3, 0.4) is 0 Å². The Bertz CT molecular complexity index is 124. The Morgan fingerprint density at radius 1 is 1.78 bits per heavy atom. The topological polar surface area (TPSA) is 37.3 Å². The molecule has 1 aliphatic carbocycles. The summed E-state index contributed by atoms with van der Waals surface area (Å²) in [5.41, 5.74) is 0. The van der Waals surface area contributed by atoms with Gasteiger partial charge in [0, 0.05) is 11.2 Å². The molecule has 1 rings (SSSR count). The minimum Gasteiger partial charge on any atom is -0.481 e. The molecule has 52 valence electrons. The van der Waals surface area contributed by atoms with Crippen molar-refractivity contribution in [3.05, 3.63) is 0 Å². The average Bonchev–Trinajstić information content (AvgIpc) is 2.42. The van der Waals surface area contributed by atoms with Crippen LogP contribution in [0.5, 0.6) is 0 Å². The first-order valence-corrected chi connectivity index (χ1v) is 3.97. The second-order valence-electron chi connectivity index (χ2n) is 2.44. The Morgan fingerprint density at radius 2 is 2.33 bits per heavy atom. The summed E-state index contributed by atoms with van der Waals surface area (Å²) in [5, 5.41) is 8.26. The Balaban J connectivity index is 2.00. The predicted octanol–water partition coefficient (Wildman–Crippen LogP) is 1.63. The fourth-order valence-corrected chi connectivity index (χ4v) is 1.56. The molecular formula is C6H9BrO2. The van der Waals surface area contributed by atoms with Crippen LogP contribution < -0.4 is 0 Å². The minimum absolute atomic E-state index is 0.326. The van der Waals surface area contributed by atoms with Crippen LogP contribution in [-0.2, 0) is 4.79 Å². The van der Waals surface area contributed by atoms with E-state index in [4.69, 9.17) is 5.11 Å². The summed E-state index contributed by atoms with van der Waals surface area (Å²) in [4.78, 5) is 10.6. The maximum atomic E-state index is 10.0. The number of aliphatic carboxylic acids is 1. The molecule has 1 N–H and O–H groups in total. The van der Waals surface area contributed by atoms with Gasteiger partial charge in [-0.05, 0) is 18.8 Å². The highest BCUT2D eigenvalue weighted by Gasteiger charge is 2.34. The highest BCUT2D eigenvalue weighted by atomic mass is 79.9. The molecule has 0 aromatic carbocycles. The smallest absolute Gasteiger partial charge is 0.303 e. The number of carbonyl (C=O) groups is 1. The highest BCUT2D eigenvalue weighted by molar-refractivity contribution is 9.09. The molecule has 0 spiro atoms. The Labute approximate surface area is 62.4 Å². The van der Waals surface area contributed by atoms with Gasteiger partial charge in [-0.25, -0.2) is 0 Å². The number of alkyl halides is 1. The summed E-state index contributed by atoms with van der Waals surface area (Å²) in [7, 11) is 0. The first kappa shape index (κ1) is 7.06. The first-order chi connectivity index (χ1) is 4.20. The molecule has 0 amide bonds. The molecule has 1 saturated carbocycles. The fourth-order valence-electron chi connectivity index (χ4n) is 0.818. The lowest BCUT2D eigenvalue weighted by Crippen LogP contribution is -1.94. The van der Waals surface area contributed by atoms with Crippen molar-refractivity contribution in [2.24, 2.45) is 5.92 Å². The zero-order valence-corrected chi connectivity index (χ0v) is 6.60. The Hall–Kier alpha value is -0.0500. The number of hydrogen-bond acceptors (Lipinski definition) is 1. The van der Waals surface area contributed by atoms with Crippen LogP contribution in [0.25, 0.3) is 0 Å². The number of carboxylic acids is 1. The molecule has 0 radical (unpaired) electrons. The Morgan fingerprint density at radius 3 is 2.67 bits per heavy atom. The van der Waals surface area contributed by atoms with Crippen LogP contribution in [0.2, 0.25) is 0 Å². The third-order valence-corrected chi connectivity index (χ3v) is 2.69. The molecule has 9 heavy (non-hydrogen) atoms. The first-order valence-electron chi connectivity index (χ1n) is 3.06. The molecule has 0 bridgehead atoms. The van der Waals surface area contributed by atoms with Gasteiger partial charge < -0.3 is 5.11 Å². The van der Waals surface area contributed by atoms with Gasteiger partial charge in [-0.15, -0.1) is 0 Å². The van der Waals surface area contributed by atoms with Gasteiger partial charge in [0.1, 0.15) is 0 Å². The molecule has 0 saturated heterocycles. The van der Waals surface area contributed by atoms with Crippen LogP contribution in [0.15, 0.2) is 0 Å². The summed E-state index contributed by atoms with van der Waals surface area (Å²) >= 11 is 3.41. The molecule has 2 nitrogen and oxygen atoms in total. The maximum absolute atomic E-state index is 10.0. The van der Waals surface area contributed by atoms with Crippen molar-refractivity contribution in [1.82, 2.24) is 0 Å². The molecule has 2 atom stereocenters. The molecule has 1 fully saturated rings. The summed E-state index contributed by atoms with van der Waals surface area (Å²) in [5.74, 6) is -0.0392. The van der Waals surface area contributed by atoms with Gasteiger partial charge in [-0.2, -0.15) is 0 Å². The second-order valence-corrected chi connectivity index (χ2v) is 3.62. The van der Waals surface area contributed by atoms with Crippen LogP contribution in [-0.4, -0.2) is 15.9 Å². The molecule has 2 unspecified atom stereocenters. The van der Waals surface area contributed by atoms with E-state index in [9.17, 15) is 4.79 Å². The zero-order chi connectivity index (χ0) is 6.85. The molecule has 0 aliphatic heterocycles. The highest BCUT2D eigenvalue weighted by Crippen LogP contribution is 2.40. The molecule has 0 heterocycles. The molecule has 0 aromatic heterocycles. The lowest BCUT2D eigenvalue weighted by molar-refractivity contribution is -0.137. The largest absolute Gasteiger partial charge is 0.481 e. The van der Waals surface area contributed by atoms with Crippen LogP contribution in [0.4, 0.5) is 0 Å². The normalized spacial score (nSPS) is 32.1. The van der Waals surface area contributed by atoms with Crippen molar-refractivity contribution < 1.29 is 9.90 Å². The van der Waals surface area contributed by atoms with Gasteiger partial charge in [-0.1, -0.05) is 15.9 Å². The van der Waals surface area contributed by atoms with Crippen LogP contribution >= 0.6 is 15.9 Å². The van der Waals surface area contributed by atoms with E-state index in [0.29, 0.717) is 17.2 Å². The number of rotatable bonds is 3. The van der Waals surface area contributed by atoms with Crippen molar-refractivity contribution in [2.45, 2.75) is 24.1 Å². The summed E-state index contributed by atoms with van der Waals surface area (Å²) in [6.45, 7) is 0. The molecular weight excluding hydrogens is 184 g/mol. The Kier molecular flexibility index (Phi) is 2.11. The second kappa shape index (κ2) is 2.69. The molecule has 3 heteroatoms. The van der Waals surface area contributed by atoms with Gasteiger partial charge in [-0.3, -0.25) is 4.79 Å². The number of halogens is 1. The average molecular weight is 193 g/mol. The minimum atomic E-state index is -0.679. The van der Waals surface area contributed by atoms with Gasteiger partial charge in [0.05, 0.1) is 0 Å². The van der Waals surface area contributed by atoms with Gasteiger partial charge >= 0.3 is 5.97 Å². The fraction of sp³-hybridized carbons (Fsp3) is 0.833. The van der Waals surface area contributed by atoms with E-state index < -0.39 is 5.97 Å². The van der Waals surface area contributed by atoms with Crippen molar-refractivity contribution in [1.29, 1.82) is 0 Å². The van der Waals surface area contributed by atoms with Gasteiger partial charge in [0.15, 0.2) is 0 Å². The third-order valence-electron chi connectivity index (χ3n) is 1.57. The van der Waals surface area contributed by atoms with Crippen molar-refractivity contribution in [3.63, 3.8) is 0 Å². The van der Waals surface area contributed by atoms with E-state index in [1.54, 1.807) is 0 Å². The quantitative estimate of drug-likeness (QED) is 0.691. The van der Waals surface area contributed by atoms with E-state index in [1.807, 2.05) is 0 Å². The van der Waals surface area contributed by atoms with Crippen LogP contribution in [0, 0.1) is 5.92 Å². The van der Waals surface area contributed by atoms with Crippen molar-refractivity contribution in [2.75, 3.05) is 0 Å². The summed E-state index contributed by atoms with van der Waals surface area (Å²) in [6.07, 6.45) is 2.32. The number of hydrogen-bond donors (Lipinski definition) is 1. The third kappa shape index (κ3) is 2.35. The lowest BCUT2D eigenvalue weighted by Gasteiger charge is -1.89. The van der Waals surface area contributed by atoms with E-state index in [0.717, 1.165) is 12.8 Å². The molecule has 0 aromatic rings. The van der Waals surface area contributed by atoms with Crippen molar-refractivity contribution in [3.8, 4) is 0 Å². The van der Waals surface area contributed by atoms with Gasteiger partial charge in [0.25, 0.3) is 0 Å². The summed E-state index contributed by atoms with van der Waals surface area (Å²) < 4.78 is 0. The maximum Gasteiger partial charge on any atom is 0.303 e. The van der Waals surface area contributed by atoms with Crippen molar-refractivity contribution >= 4 is 21.9 Å². The van der Waals surface area contributed by atoms with E-state index in [-0.39, 0.29) is 0 Å². The standard InChI is InChI=1S/C6H9BrO2/c7-5-3-4(5)1-2-6(8)9/h4-5H,1-3H2,(H,8,9). The zero-order valence-electron chi connectivity index (χ0n) is 5.01. The van der Waals surface area contributed by atoms with Crippen LogP contribution in [0.1, 0.15) is 19.3 Å². The van der Waals surface area contributed by atoms with E-state index in [2.05, 4.69) is 15.9 Å². The predicted molar refractivity (Wildman–Crippen MR) is 37.7 cm³/mol. The summed E-state index contributed by atoms with van der Waals surface area (Å²) in [6, 6.07) is 0. The van der Waals surface area contributed by atoms with E-state index in [1.165, 1.54) is 0 Å². The van der Waals surface area contributed by atoms with E-state index >= 15 is 0 Å². The SMILES string of the molecule is O=C(O)CCC1CC1Br.